The number of nitrogens with one attached hydrogen (secondary N) is 1. The van der Waals surface area contributed by atoms with Gasteiger partial charge in [-0.2, -0.15) is 0 Å². The first-order chi connectivity index (χ1) is 15.0. The van der Waals surface area contributed by atoms with Crippen LogP contribution in [-0.4, -0.2) is 42.3 Å². The number of hydrogen-bond acceptors (Lipinski definition) is 4. The Morgan fingerprint density at radius 1 is 1.19 bits per heavy atom. The van der Waals surface area contributed by atoms with Gasteiger partial charge in [0.1, 0.15) is 5.76 Å². The largest absolute Gasteiger partial charge is 0.499 e. The van der Waals surface area contributed by atoms with Crippen LogP contribution in [0.4, 0.5) is 0 Å². The van der Waals surface area contributed by atoms with Gasteiger partial charge in [0, 0.05) is 25.0 Å². The van der Waals surface area contributed by atoms with Gasteiger partial charge in [-0.3, -0.25) is 19.3 Å². The molecular formula is C25H42N2O4. The number of unbranched alkanes of at least 4 members (excludes halogenated alkanes) is 6. The highest BCUT2D eigenvalue weighted by atomic mass is 16.5. The van der Waals surface area contributed by atoms with Gasteiger partial charge in [-0.25, -0.2) is 0 Å². The fourth-order valence-corrected chi connectivity index (χ4v) is 3.89. The SMILES string of the molecule is C=CCCCCCC(=O)NCCCC[C@H]1C(OC)=CC(=O)N1C(=O)[C@H](C)CCCCC. The summed E-state index contributed by atoms with van der Waals surface area (Å²) in [5.74, 6) is 0.0824. The van der Waals surface area contributed by atoms with Gasteiger partial charge in [0.25, 0.3) is 5.91 Å². The highest BCUT2D eigenvalue weighted by molar-refractivity contribution is 6.04. The van der Waals surface area contributed by atoms with Crippen LogP contribution in [0, 0.1) is 5.92 Å². The molecule has 6 nitrogen and oxygen atoms in total. The van der Waals surface area contributed by atoms with E-state index in [0.29, 0.717) is 25.1 Å². The van der Waals surface area contributed by atoms with Crippen LogP contribution < -0.4 is 5.32 Å². The van der Waals surface area contributed by atoms with Gasteiger partial charge in [0.2, 0.25) is 11.8 Å². The van der Waals surface area contributed by atoms with E-state index >= 15 is 0 Å². The second kappa shape index (κ2) is 15.7. The van der Waals surface area contributed by atoms with Gasteiger partial charge >= 0.3 is 0 Å². The zero-order chi connectivity index (χ0) is 23.1. The summed E-state index contributed by atoms with van der Waals surface area (Å²) < 4.78 is 5.39. The number of ether oxygens (including phenoxy) is 1. The Hall–Kier alpha value is -2.11. The summed E-state index contributed by atoms with van der Waals surface area (Å²) in [7, 11) is 1.54. The smallest absolute Gasteiger partial charge is 0.257 e. The van der Waals surface area contributed by atoms with Crippen LogP contribution in [0.2, 0.25) is 0 Å². The molecule has 0 aromatic carbocycles. The molecule has 2 atom stereocenters. The molecule has 0 spiro atoms. The topological polar surface area (TPSA) is 75.7 Å². The van der Waals surface area contributed by atoms with Crippen molar-refractivity contribution in [1.29, 1.82) is 0 Å². The monoisotopic (exact) mass is 434 g/mol. The Kier molecular flexibility index (Phi) is 13.6. The average molecular weight is 435 g/mol. The van der Waals surface area contributed by atoms with Crippen LogP contribution in [0.25, 0.3) is 0 Å². The molecule has 0 unspecified atom stereocenters. The molecule has 0 aliphatic carbocycles. The number of rotatable bonds is 17. The lowest BCUT2D eigenvalue weighted by Crippen LogP contribution is -2.43. The number of carbonyl (C=O) groups is 3. The van der Waals surface area contributed by atoms with Crippen molar-refractivity contribution in [2.45, 2.75) is 96.9 Å². The van der Waals surface area contributed by atoms with E-state index in [0.717, 1.165) is 64.2 Å². The predicted molar refractivity (Wildman–Crippen MR) is 124 cm³/mol. The van der Waals surface area contributed by atoms with Crippen molar-refractivity contribution in [3.8, 4) is 0 Å². The first-order valence-electron chi connectivity index (χ1n) is 12.0. The van der Waals surface area contributed by atoms with E-state index in [2.05, 4.69) is 18.8 Å². The average Bonchev–Trinajstić information content (AvgIpc) is 3.08. The second-order valence-electron chi connectivity index (χ2n) is 8.44. The van der Waals surface area contributed by atoms with Gasteiger partial charge in [-0.05, 0) is 44.9 Å². The van der Waals surface area contributed by atoms with E-state index in [-0.39, 0.29) is 29.7 Å². The molecule has 0 radical (unpaired) electrons. The van der Waals surface area contributed by atoms with E-state index < -0.39 is 0 Å². The fourth-order valence-electron chi connectivity index (χ4n) is 3.89. The molecule has 31 heavy (non-hydrogen) atoms. The molecule has 6 heteroatoms. The van der Waals surface area contributed by atoms with Crippen molar-refractivity contribution >= 4 is 17.7 Å². The third-order valence-electron chi connectivity index (χ3n) is 5.82. The summed E-state index contributed by atoms with van der Waals surface area (Å²) in [4.78, 5) is 38.7. The van der Waals surface area contributed by atoms with Crippen LogP contribution in [0.5, 0.6) is 0 Å². The summed E-state index contributed by atoms with van der Waals surface area (Å²) in [6.45, 7) is 8.35. The second-order valence-corrected chi connectivity index (χ2v) is 8.44. The minimum absolute atomic E-state index is 0.0878. The molecule has 1 aliphatic heterocycles. The molecule has 1 aliphatic rings. The van der Waals surface area contributed by atoms with Gasteiger partial charge in [0.05, 0.1) is 13.2 Å². The summed E-state index contributed by atoms with van der Waals surface area (Å²) in [6, 6.07) is -0.334. The summed E-state index contributed by atoms with van der Waals surface area (Å²) in [5.41, 5.74) is 0. The molecule has 1 rings (SSSR count). The lowest BCUT2D eigenvalue weighted by molar-refractivity contribution is -0.146. The van der Waals surface area contributed by atoms with E-state index in [1.54, 1.807) is 7.11 Å². The number of hydrogen-bond donors (Lipinski definition) is 1. The third kappa shape index (κ3) is 9.70. The van der Waals surface area contributed by atoms with Crippen molar-refractivity contribution in [3.05, 3.63) is 24.5 Å². The van der Waals surface area contributed by atoms with Crippen molar-refractivity contribution < 1.29 is 19.1 Å². The van der Waals surface area contributed by atoms with E-state index in [1.807, 2.05) is 13.0 Å². The Labute approximate surface area is 188 Å². The molecule has 0 saturated heterocycles. The predicted octanol–water partition coefficient (Wildman–Crippen LogP) is 4.89. The van der Waals surface area contributed by atoms with Crippen molar-refractivity contribution in [2.24, 2.45) is 5.92 Å². The highest BCUT2D eigenvalue weighted by Gasteiger charge is 2.39. The molecule has 3 amide bonds. The summed E-state index contributed by atoms with van der Waals surface area (Å²) in [5, 5.41) is 2.96. The molecule has 0 bridgehead atoms. The van der Waals surface area contributed by atoms with Crippen LogP contribution in [-0.2, 0) is 19.1 Å². The third-order valence-corrected chi connectivity index (χ3v) is 5.82. The van der Waals surface area contributed by atoms with Crippen LogP contribution in [0.1, 0.15) is 90.9 Å². The Morgan fingerprint density at radius 3 is 2.65 bits per heavy atom. The first kappa shape index (κ1) is 26.9. The fraction of sp³-hybridized carbons (Fsp3) is 0.720. The molecule has 1 heterocycles. The molecule has 0 fully saturated rings. The van der Waals surface area contributed by atoms with Crippen LogP contribution >= 0.6 is 0 Å². The quantitative estimate of drug-likeness (QED) is 0.261. The Bertz CT molecular complexity index is 615. The molecule has 0 aromatic rings. The number of carbonyl (C=O) groups excluding carboxylic acids is 3. The highest BCUT2D eigenvalue weighted by Crippen LogP contribution is 2.27. The molecule has 1 N–H and O–H groups in total. The summed E-state index contributed by atoms with van der Waals surface area (Å²) >= 11 is 0. The van der Waals surface area contributed by atoms with E-state index in [1.165, 1.54) is 11.0 Å². The number of nitrogens with zero attached hydrogens (tertiary/aromatic N) is 1. The zero-order valence-corrected chi connectivity index (χ0v) is 19.8. The molecule has 0 aromatic heterocycles. The number of allylic oxidation sites excluding steroid dienone is 1. The molecular weight excluding hydrogens is 392 g/mol. The maximum Gasteiger partial charge on any atom is 0.257 e. The zero-order valence-electron chi connectivity index (χ0n) is 19.8. The minimum atomic E-state index is -0.334. The van der Waals surface area contributed by atoms with Gasteiger partial charge in [-0.15, -0.1) is 6.58 Å². The van der Waals surface area contributed by atoms with Gasteiger partial charge in [-0.1, -0.05) is 45.6 Å². The van der Waals surface area contributed by atoms with Gasteiger partial charge < -0.3 is 10.1 Å². The van der Waals surface area contributed by atoms with E-state index in [9.17, 15) is 14.4 Å². The maximum absolute atomic E-state index is 12.9. The summed E-state index contributed by atoms with van der Waals surface area (Å²) in [6.07, 6.45) is 14.2. The first-order valence-corrected chi connectivity index (χ1v) is 12.0. The number of imide groups is 1. The van der Waals surface area contributed by atoms with Crippen LogP contribution in [0.15, 0.2) is 24.5 Å². The maximum atomic E-state index is 12.9. The Balaban J connectivity index is 2.41. The van der Waals surface area contributed by atoms with Crippen molar-refractivity contribution in [1.82, 2.24) is 10.2 Å². The van der Waals surface area contributed by atoms with Crippen molar-refractivity contribution in [3.63, 3.8) is 0 Å². The number of amides is 3. The van der Waals surface area contributed by atoms with Crippen LogP contribution in [0.3, 0.4) is 0 Å². The number of methoxy groups -OCH3 is 1. The van der Waals surface area contributed by atoms with E-state index in [4.69, 9.17) is 4.74 Å². The normalized spacial score (nSPS) is 16.7. The Morgan fingerprint density at radius 2 is 1.97 bits per heavy atom. The molecule has 0 saturated carbocycles. The van der Waals surface area contributed by atoms with Crippen molar-refractivity contribution in [2.75, 3.05) is 13.7 Å². The lowest BCUT2D eigenvalue weighted by Gasteiger charge is -2.27. The lowest BCUT2D eigenvalue weighted by atomic mass is 10.00. The standard InChI is InChI=1S/C25H42N2O4/c1-5-7-9-10-12-17-23(28)26-18-14-13-16-21-22(31-4)19-24(29)27(21)25(30)20(3)15-11-8-6-2/h5,19-21H,1,6-18H2,2-4H3,(H,26,28)/t20-,21+/m1/s1. The molecule has 176 valence electrons. The van der Waals surface area contributed by atoms with Gasteiger partial charge in [0.15, 0.2) is 0 Å². The minimum Gasteiger partial charge on any atom is -0.499 e.